The summed E-state index contributed by atoms with van der Waals surface area (Å²) >= 11 is 0. The molecule has 2 aromatic carbocycles. The highest BCUT2D eigenvalue weighted by Crippen LogP contribution is 2.41. The first-order valence-electron chi connectivity index (χ1n) is 13.0. The number of fused-ring (bicyclic) bond motifs is 1. The lowest BCUT2D eigenvalue weighted by Gasteiger charge is -2.39. The molecule has 2 saturated carbocycles. The van der Waals surface area contributed by atoms with Crippen LogP contribution in [0.15, 0.2) is 52.9 Å². The van der Waals surface area contributed by atoms with Crippen molar-refractivity contribution < 1.29 is 36.7 Å². The maximum Gasteiger partial charge on any atom is 0.287 e. The second kappa shape index (κ2) is 10.2. The largest absolute Gasteiger partial charge is 0.451 e. The van der Waals surface area contributed by atoms with Gasteiger partial charge in [-0.3, -0.25) is 9.59 Å². The van der Waals surface area contributed by atoms with Gasteiger partial charge in [-0.05, 0) is 54.5 Å². The maximum atomic E-state index is 14.0. The zero-order valence-corrected chi connectivity index (χ0v) is 21.4. The lowest BCUT2D eigenvalue weighted by Crippen LogP contribution is -2.62. The molecular formula is C29H27F4N3O4. The van der Waals surface area contributed by atoms with Gasteiger partial charge in [0.1, 0.15) is 16.7 Å². The van der Waals surface area contributed by atoms with Crippen molar-refractivity contribution in [1.29, 1.82) is 5.26 Å². The molecule has 40 heavy (non-hydrogen) atoms. The topological polar surface area (TPSA) is 115 Å². The van der Waals surface area contributed by atoms with Gasteiger partial charge in [-0.15, -0.1) is 0 Å². The monoisotopic (exact) mass is 557 g/mol. The van der Waals surface area contributed by atoms with Crippen molar-refractivity contribution in [2.24, 2.45) is 0 Å². The number of carbonyl (C=O) groups is 2. The fraction of sp³-hybridized carbons (Fsp3) is 0.414. The van der Waals surface area contributed by atoms with Crippen LogP contribution in [0, 0.1) is 11.3 Å². The third-order valence-electron chi connectivity index (χ3n) is 7.86. The van der Waals surface area contributed by atoms with Crippen LogP contribution in [-0.2, 0) is 4.79 Å². The van der Waals surface area contributed by atoms with Crippen molar-refractivity contribution in [3.8, 4) is 17.2 Å². The minimum absolute atomic E-state index is 0.115. The summed E-state index contributed by atoms with van der Waals surface area (Å²) in [5, 5.41) is 24.5. The summed E-state index contributed by atoms with van der Waals surface area (Å²) in [5.74, 6) is -5.75. The summed E-state index contributed by atoms with van der Waals surface area (Å²) in [5.41, 5.74) is -0.593. The number of furan rings is 1. The van der Waals surface area contributed by atoms with E-state index in [1.807, 2.05) is 6.07 Å². The molecule has 2 amide bonds. The summed E-state index contributed by atoms with van der Waals surface area (Å²) in [6.45, 7) is -0.676. The number of hydrogen-bond donors (Lipinski definition) is 3. The number of aliphatic hydroxyl groups is 1. The van der Waals surface area contributed by atoms with Crippen LogP contribution in [-0.4, -0.2) is 47.0 Å². The molecule has 1 unspecified atom stereocenters. The van der Waals surface area contributed by atoms with Gasteiger partial charge in [-0.25, -0.2) is 17.6 Å². The summed E-state index contributed by atoms with van der Waals surface area (Å²) in [7, 11) is 0. The van der Waals surface area contributed by atoms with Crippen LogP contribution in [0.25, 0.3) is 22.1 Å². The molecule has 0 spiro atoms. The van der Waals surface area contributed by atoms with E-state index in [9.17, 15) is 37.5 Å². The van der Waals surface area contributed by atoms with E-state index in [0.717, 1.165) is 0 Å². The number of aliphatic hydroxyl groups excluding tert-OH is 1. The minimum atomic E-state index is -2.95. The molecule has 11 heteroatoms. The van der Waals surface area contributed by atoms with Gasteiger partial charge in [-0.1, -0.05) is 36.4 Å². The van der Waals surface area contributed by atoms with Crippen LogP contribution in [0.5, 0.6) is 0 Å². The minimum Gasteiger partial charge on any atom is -0.451 e. The normalized spacial score (nSPS) is 19.5. The lowest BCUT2D eigenvalue weighted by molar-refractivity contribution is -0.133. The maximum absolute atomic E-state index is 14.0. The van der Waals surface area contributed by atoms with Crippen molar-refractivity contribution >= 4 is 22.8 Å². The van der Waals surface area contributed by atoms with E-state index in [1.165, 1.54) is 18.2 Å². The fourth-order valence-electron chi connectivity index (χ4n) is 5.03. The van der Waals surface area contributed by atoms with Gasteiger partial charge in [0.05, 0.1) is 18.6 Å². The molecule has 7 nitrogen and oxygen atoms in total. The van der Waals surface area contributed by atoms with E-state index < -0.39 is 60.6 Å². The third-order valence-corrected chi connectivity index (χ3v) is 7.86. The summed E-state index contributed by atoms with van der Waals surface area (Å²) in [6, 6.07) is 15.0. The predicted molar refractivity (Wildman–Crippen MR) is 137 cm³/mol. The molecule has 3 N–H and O–H groups in total. The lowest BCUT2D eigenvalue weighted by atomic mass is 9.78. The number of amides is 2. The van der Waals surface area contributed by atoms with Crippen LogP contribution in [0.3, 0.4) is 0 Å². The molecule has 0 aliphatic heterocycles. The SMILES string of the molecule is N#CC1(NC(=O)C2(NC(=O)c3cc4ccc(-c5ccc(C(CO)C(F)F)cc5)cc4o3)CCC(F)(F)CC2)CC1. The number of benzene rings is 2. The van der Waals surface area contributed by atoms with Crippen molar-refractivity contribution in [1.82, 2.24) is 10.6 Å². The molecule has 2 aliphatic rings. The number of hydrogen-bond acceptors (Lipinski definition) is 5. The molecule has 1 heterocycles. The number of alkyl halides is 4. The Morgan fingerprint density at radius 3 is 2.17 bits per heavy atom. The van der Waals surface area contributed by atoms with E-state index in [1.54, 1.807) is 30.3 Å². The van der Waals surface area contributed by atoms with Gasteiger partial charge in [0.25, 0.3) is 5.91 Å². The Labute approximate surface area is 227 Å². The van der Waals surface area contributed by atoms with Crippen LogP contribution < -0.4 is 10.6 Å². The Morgan fingerprint density at radius 1 is 0.950 bits per heavy atom. The zero-order chi connectivity index (χ0) is 28.7. The summed E-state index contributed by atoms with van der Waals surface area (Å²) in [6.07, 6.45) is -3.53. The molecule has 3 aromatic rings. The highest BCUT2D eigenvalue weighted by Gasteiger charge is 2.53. The third kappa shape index (κ3) is 5.41. The summed E-state index contributed by atoms with van der Waals surface area (Å²) < 4.78 is 59.9. The molecule has 2 aliphatic carbocycles. The van der Waals surface area contributed by atoms with Gasteiger partial charge in [0.15, 0.2) is 5.76 Å². The van der Waals surface area contributed by atoms with Crippen molar-refractivity contribution in [3.05, 3.63) is 59.9 Å². The van der Waals surface area contributed by atoms with E-state index in [4.69, 9.17) is 4.42 Å². The number of halogens is 4. The molecule has 0 bridgehead atoms. The van der Waals surface area contributed by atoms with E-state index in [-0.39, 0.29) is 18.6 Å². The van der Waals surface area contributed by atoms with Gasteiger partial charge >= 0.3 is 0 Å². The molecule has 1 aromatic heterocycles. The molecule has 1 atom stereocenters. The Bertz CT molecular complexity index is 1460. The smallest absolute Gasteiger partial charge is 0.287 e. The Hall–Kier alpha value is -3.91. The van der Waals surface area contributed by atoms with Crippen LogP contribution >= 0.6 is 0 Å². The number of rotatable bonds is 8. The van der Waals surface area contributed by atoms with Gasteiger partial charge in [0.2, 0.25) is 18.3 Å². The van der Waals surface area contributed by atoms with Crippen molar-refractivity contribution in [2.75, 3.05) is 6.61 Å². The van der Waals surface area contributed by atoms with E-state index in [0.29, 0.717) is 40.5 Å². The molecular weight excluding hydrogens is 530 g/mol. The molecule has 0 saturated heterocycles. The first-order valence-corrected chi connectivity index (χ1v) is 13.0. The average molecular weight is 558 g/mol. The Morgan fingerprint density at radius 2 is 1.60 bits per heavy atom. The number of carbonyl (C=O) groups excluding carboxylic acids is 2. The van der Waals surface area contributed by atoms with Gasteiger partial charge in [0, 0.05) is 18.2 Å². The fourth-order valence-corrected chi connectivity index (χ4v) is 5.03. The number of nitrogens with zero attached hydrogens (tertiary/aromatic N) is 1. The Kier molecular flexibility index (Phi) is 7.08. The summed E-state index contributed by atoms with van der Waals surface area (Å²) in [4.78, 5) is 26.4. The molecule has 0 radical (unpaired) electrons. The van der Waals surface area contributed by atoms with E-state index in [2.05, 4.69) is 10.6 Å². The predicted octanol–water partition coefficient (Wildman–Crippen LogP) is 5.29. The standard InChI is InChI=1S/C29H27F4N3O4/c30-24(31)21(15-37)18-3-1-17(2-4-18)19-5-6-20-14-23(40-22(20)13-19)25(38)35-28(9-11-29(32,33)12-10-28)26(39)36-27(16-34)7-8-27/h1-6,13-14,21,24,37H,7-12,15H2,(H,35,38)(H,36,39). The van der Waals surface area contributed by atoms with Gasteiger partial charge in [-0.2, -0.15) is 5.26 Å². The van der Waals surface area contributed by atoms with Crippen LogP contribution in [0.1, 0.15) is 60.6 Å². The zero-order valence-electron chi connectivity index (χ0n) is 21.4. The van der Waals surface area contributed by atoms with Crippen LogP contribution in [0.2, 0.25) is 0 Å². The van der Waals surface area contributed by atoms with Crippen molar-refractivity contribution in [3.63, 3.8) is 0 Å². The average Bonchev–Trinajstić information content (AvgIpc) is 3.57. The first kappa shape index (κ1) is 27.6. The molecule has 2 fully saturated rings. The highest BCUT2D eigenvalue weighted by molar-refractivity contribution is 6.00. The first-order chi connectivity index (χ1) is 19.0. The van der Waals surface area contributed by atoms with Crippen molar-refractivity contribution in [2.45, 2.75) is 67.9 Å². The molecule has 210 valence electrons. The quantitative estimate of drug-likeness (QED) is 0.326. The number of nitriles is 1. The molecule has 5 rings (SSSR count). The second-order valence-electron chi connectivity index (χ2n) is 10.6. The Balaban J connectivity index is 1.37. The van der Waals surface area contributed by atoms with Gasteiger partial charge < -0.3 is 20.2 Å². The highest BCUT2D eigenvalue weighted by atomic mass is 19.3. The van der Waals surface area contributed by atoms with E-state index >= 15 is 0 Å². The van der Waals surface area contributed by atoms with Crippen LogP contribution in [0.4, 0.5) is 17.6 Å². The second-order valence-corrected chi connectivity index (χ2v) is 10.6. The number of nitrogens with one attached hydrogen (secondary N) is 2.